The second kappa shape index (κ2) is 7.58. The highest BCUT2D eigenvalue weighted by Gasteiger charge is 2.15. The molecule has 1 heterocycles. The van der Waals surface area contributed by atoms with E-state index in [1.165, 1.54) is 4.68 Å². The molecule has 1 atom stereocenters. The van der Waals surface area contributed by atoms with Crippen molar-refractivity contribution in [3.8, 4) is 11.3 Å². The Bertz CT molecular complexity index is 1180. The Morgan fingerprint density at radius 1 is 0.964 bits per heavy atom. The van der Waals surface area contributed by atoms with E-state index in [-0.39, 0.29) is 12.1 Å². The summed E-state index contributed by atoms with van der Waals surface area (Å²) in [7, 11) is 0. The van der Waals surface area contributed by atoms with Crippen LogP contribution in [-0.2, 0) is 6.54 Å². The third-order valence-corrected chi connectivity index (χ3v) is 5.05. The number of aromatic nitrogens is 2. The Kier molecular flexibility index (Phi) is 4.99. The number of fused-ring (bicyclic) bond motifs is 1. The molecule has 0 saturated heterocycles. The molecule has 0 radical (unpaired) electrons. The third-order valence-electron chi connectivity index (χ3n) is 4.79. The van der Waals surface area contributed by atoms with Crippen LogP contribution >= 0.6 is 11.6 Å². The van der Waals surface area contributed by atoms with Crippen molar-refractivity contribution in [3.05, 3.63) is 99.3 Å². The van der Waals surface area contributed by atoms with E-state index in [1.54, 1.807) is 30.3 Å². The van der Waals surface area contributed by atoms with Gasteiger partial charge in [0, 0.05) is 16.0 Å². The van der Waals surface area contributed by atoms with Crippen LogP contribution in [0, 0.1) is 6.92 Å². The molecule has 4 aromatic rings. The molecule has 0 amide bonds. The van der Waals surface area contributed by atoms with Crippen LogP contribution < -0.4 is 5.56 Å². The van der Waals surface area contributed by atoms with E-state index >= 15 is 0 Å². The van der Waals surface area contributed by atoms with Gasteiger partial charge in [0.15, 0.2) is 0 Å². The van der Waals surface area contributed by atoms with Gasteiger partial charge in [-0.25, -0.2) is 4.68 Å². The van der Waals surface area contributed by atoms with E-state index in [0.29, 0.717) is 16.0 Å². The third kappa shape index (κ3) is 3.57. The predicted molar refractivity (Wildman–Crippen MR) is 113 cm³/mol. The lowest BCUT2D eigenvalue weighted by atomic mass is 10.0. The van der Waals surface area contributed by atoms with Gasteiger partial charge in [0.25, 0.3) is 5.56 Å². The largest absolute Gasteiger partial charge is 0.386 e. The van der Waals surface area contributed by atoms with Gasteiger partial charge < -0.3 is 5.11 Å². The topological polar surface area (TPSA) is 55.1 Å². The van der Waals surface area contributed by atoms with Crippen LogP contribution in [0.5, 0.6) is 0 Å². The summed E-state index contributed by atoms with van der Waals surface area (Å²) in [5, 5.41) is 17.2. The number of aliphatic hydroxyl groups excluding tert-OH is 1. The fraction of sp³-hybridized carbons (Fsp3) is 0.130. The van der Waals surface area contributed by atoms with Crippen molar-refractivity contribution in [2.45, 2.75) is 19.6 Å². The molecule has 1 aromatic heterocycles. The van der Waals surface area contributed by atoms with Gasteiger partial charge in [-0.05, 0) is 30.7 Å². The standard InChI is InChI=1S/C23H19ClN2O2/c1-15-6-8-17(9-7-15)22-19-4-2-3-5-20(19)23(28)26(25-22)14-21(27)16-10-12-18(24)13-11-16/h2-13,21,27H,14H2,1H3/t21-/m1/s1. The number of benzene rings is 3. The van der Waals surface area contributed by atoms with Gasteiger partial charge in [-0.1, -0.05) is 71.8 Å². The summed E-state index contributed by atoms with van der Waals surface area (Å²) in [6.45, 7) is 2.09. The van der Waals surface area contributed by atoms with Crippen molar-refractivity contribution in [2.75, 3.05) is 0 Å². The molecule has 0 saturated carbocycles. The van der Waals surface area contributed by atoms with E-state index in [0.717, 1.165) is 22.2 Å². The Balaban J connectivity index is 1.82. The molecular formula is C23H19ClN2O2. The van der Waals surface area contributed by atoms with Crippen molar-refractivity contribution in [2.24, 2.45) is 0 Å². The molecule has 0 fully saturated rings. The number of halogens is 1. The summed E-state index contributed by atoms with van der Waals surface area (Å²) in [4.78, 5) is 13.0. The van der Waals surface area contributed by atoms with Crippen LogP contribution in [0.1, 0.15) is 17.2 Å². The van der Waals surface area contributed by atoms with Crippen LogP contribution in [0.3, 0.4) is 0 Å². The van der Waals surface area contributed by atoms with E-state index in [1.807, 2.05) is 49.4 Å². The summed E-state index contributed by atoms with van der Waals surface area (Å²) in [5.74, 6) is 0. The minimum atomic E-state index is -0.866. The molecule has 0 unspecified atom stereocenters. The molecule has 4 nitrogen and oxygen atoms in total. The summed E-state index contributed by atoms with van der Waals surface area (Å²) in [6.07, 6.45) is -0.866. The van der Waals surface area contributed by atoms with E-state index < -0.39 is 6.10 Å². The minimum Gasteiger partial charge on any atom is -0.386 e. The van der Waals surface area contributed by atoms with Crippen molar-refractivity contribution in [1.82, 2.24) is 9.78 Å². The van der Waals surface area contributed by atoms with Crippen LogP contribution in [0.15, 0.2) is 77.6 Å². The predicted octanol–water partition coefficient (Wildman–Crippen LogP) is 4.76. The highest BCUT2D eigenvalue weighted by atomic mass is 35.5. The van der Waals surface area contributed by atoms with Crippen LogP contribution in [0.2, 0.25) is 5.02 Å². The lowest BCUT2D eigenvalue weighted by Gasteiger charge is -2.15. The molecule has 0 spiro atoms. The van der Waals surface area contributed by atoms with Crippen LogP contribution in [0.4, 0.5) is 0 Å². The van der Waals surface area contributed by atoms with Gasteiger partial charge in [-0.15, -0.1) is 0 Å². The normalized spacial score (nSPS) is 12.2. The van der Waals surface area contributed by atoms with Gasteiger partial charge in [-0.3, -0.25) is 4.79 Å². The van der Waals surface area contributed by atoms with Gasteiger partial charge in [0.1, 0.15) is 0 Å². The second-order valence-corrected chi connectivity index (χ2v) is 7.25. The minimum absolute atomic E-state index is 0.0597. The number of nitrogens with zero attached hydrogens (tertiary/aromatic N) is 2. The van der Waals surface area contributed by atoms with E-state index in [9.17, 15) is 9.90 Å². The zero-order chi connectivity index (χ0) is 19.7. The molecule has 0 aliphatic heterocycles. The molecule has 4 rings (SSSR count). The molecule has 0 bridgehead atoms. The second-order valence-electron chi connectivity index (χ2n) is 6.81. The first-order chi connectivity index (χ1) is 13.5. The zero-order valence-corrected chi connectivity index (χ0v) is 16.1. The molecule has 1 N–H and O–H groups in total. The Morgan fingerprint density at radius 2 is 1.61 bits per heavy atom. The van der Waals surface area contributed by atoms with Gasteiger partial charge in [0.2, 0.25) is 0 Å². The van der Waals surface area contributed by atoms with Crippen molar-refractivity contribution in [3.63, 3.8) is 0 Å². The first-order valence-corrected chi connectivity index (χ1v) is 9.41. The first-order valence-electron chi connectivity index (χ1n) is 9.03. The maximum absolute atomic E-state index is 13.0. The number of rotatable bonds is 4. The van der Waals surface area contributed by atoms with Gasteiger partial charge in [0.05, 0.1) is 23.7 Å². The van der Waals surface area contributed by atoms with Crippen molar-refractivity contribution >= 4 is 22.4 Å². The lowest BCUT2D eigenvalue weighted by Crippen LogP contribution is -2.26. The number of hydrogen-bond acceptors (Lipinski definition) is 3. The SMILES string of the molecule is Cc1ccc(-c2nn(C[C@@H](O)c3ccc(Cl)cc3)c(=O)c3ccccc23)cc1. The molecule has 28 heavy (non-hydrogen) atoms. The Morgan fingerprint density at radius 3 is 2.29 bits per heavy atom. The van der Waals surface area contributed by atoms with Crippen molar-refractivity contribution in [1.29, 1.82) is 0 Å². The smallest absolute Gasteiger partial charge is 0.274 e. The first kappa shape index (κ1) is 18.4. The molecular weight excluding hydrogens is 372 g/mol. The van der Waals surface area contributed by atoms with E-state index in [4.69, 9.17) is 11.6 Å². The maximum atomic E-state index is 13.0. The summed E-state index contributed by atoms with van der Waals surface area (Å²) >= 11 is 5.92. The summed E-state index contributed by atoms with van der Waals surface area (Å²) in [6, 6.07) is 22.4. The fourth-order valence-electron chi connectivity index (χ4n) is 3.24. The summed E-state index contributed by atoms with van der Waals surface area (Å²) in [5.41, 5.74) is 3.26. The highest BCUT2D eigenvalue weighted by molar-refractivity contribution is 6.30. The maximum Gasteiger partial charge on any atom is 0.274 e. The average molecular weight is 391 g/mol. The van der Waals surface area contributed by atoms with E-state index in [2.05, 4.69) is 5.10 Å². The molecule has 140 valence electrons. The van der Waals surface area contributed by atoms with Crippen LogP contribution in [-0.4, -0.2) is 14.9 Å². The van der Waals surface area contributed by atoms with Crippen LogP contribution in [0.25, 0.3) is 22.0 Å². The van der Waals surface area contributed by atoms with Gasteiger partial charge in [-0.2, -0.15) is 5.10 Å². The molecule has 5 heteroatoms. The van der Waals surface area contributed by atoms with Gasteiger partial charge >= 0.3 is 0 Å². The summed E-state index contributed by atoms with van der Waals surface area (Å²) < 4.78 is 1.34. The molecule has 0 aliphatic rings. The number of aliphatic hydroxyl groups is 1. The molecule has 0 aliphatic carbocycles. The highest BCUT2D eigenvalue weighted by Crippen LogP contribution is 2.25. The lowest BCUT2D eigenvalue weighted by molar-refractivity contribution is 0.150. The monoisotopic (exact) mass is 390 g/mol. The zero-order valence-electron chi connectivity index (χ0n) is 15.3. The Labute approximate surface area is 167 Å². The van der Waals surface area contributed by atoms with Crippen molar-refractivity contribution < 1.29 is 5.11 Å². The Hall–Kier alpha value is -2.95. The molecule has 3 aromatic carbocycles. The number of aryl methyl sites for hydroxylation is 1. The quantitative estimate of drug-likeness (QED) is 0.546. The fourth-order valence-corrected chi connectivity index (χ4v) is 3.36. The number of hydrogen-bond donors (Lipinski definition) is 1. The average Bonchev–Trinajstić information content (AvgIpc) is 2.71.